The summed E-state index contributed by atoms with van der Waals surface area (Å²) in [6, 6.07) is -0.342. The van der Waals surface area contributed by atoms with Crippen LogP contribution in [-0.2, 0) is 9.59 Å². The van der Waals surface area contributed by atoms with Crippen LogP contribution in [0.1, 0.15) is 60.3 Å². The topological polar surface area (TPSA) is 49.4 Å². The molecule has 1 saturated heterocycles. The molecule has 0 radical (unpaired) electrons. The van der Waals surface area contributed by atoms with Crippen LogP contribution in [0.25, 0.3) is 0 Å². The standard InChI is InChI=1S/C15H28N2O2/c1-6-12-13(18)17(10-8-9-11(3)4)15(5,7-2)14(19)16-12/h11-12H,6-10H2,1-5H3,(H,16,19). The first-order valence-electron chi connectivity index (χ1n) is 7.49. The first-order chi connectivity index (χ1) is 8.86. The lowest BCUT2D eigenvalue weighted by atomic mass is 9.89. The van der Waals surface area contributed by atoms with Gasteiger partial charge in [0.15, 0.2) is 0 Å². The second-order valence-electron chi connectivity index (χ2n) is 6.09. The highest BCUT2D eigenvalue weighted by Crippen LogP contribution is 2.26. The molecule has 0 aliphatic carbocycles. The van der Waals surface area contributed by atoms with E-state index in [4.69, 9.17) is 0 Å². The van der Waals surface area contributed by atoms with Gasteiger partial charge in [-0.3, -0.25) is 9.59 Å². The Morgan fingerprint density at radius 2 is 1.95 bits per heavy atom. The van der Waals surface area contributed by atoms with Crippen molar-refractivity contribution in [2.45, 2.75) is 71.9 Å². The normalized spacial score (nSPS) is 27.9. The molecule has 4 heteroatoms. The van der Waals surface area contributed by atoms with E-state index in [1.807, 2.05) is 25.7 Å². The smallest absolute Gasteiger partial charge is 0.246 e. The van der Waals surface area contributed by atoms with E-state index in [-0.39, 0.29) is 17.9 Å². The van der Waals surface area contributed by atoms with Crippen LogP contribution in [0.2, 0.25) is 0 Å². The molecule has 1 N–H and O–H groups in total. The molecule has 1 aliphatic rings. The van der Waals surface area contributed by atoms with Crippen molar-refractivity contribution in [2.75, 3.05) is 6.54 Å². The molecule has 0 aromatic carbocycles. The number of amides is 2. The van der Waals surface area contributed by atoms with E-state index in [0.717, 1.165) is 12.8 Å². The Hall–Kier alpha value is -1.06. The molecule has 4 nitrogen and oxygen atoms in total. The summed E-state index contributed by atoms with van der Waals surface area (Å²) in [5.41, 5.74) is -0.681. The molecule has 2 atom stereocenters. The van der Waals surface area contributed by atoms with E-state index in [0.29, 0.717) is 25.3 Å². The average Bonchev–Trinajstić information content (AvgIpc) is 2.37. The Labute approximate surface area is 116 Å². The molecule has 110 valence electrons. The van der Waals surface area contributed by atoms with Crippen LogP contribution in [-0.4, -0.2) is 34.8 Å². The molecule has 0 aromatic rings. The molecule has 1 fully saturated rings. The predicted octanol–water partition coefficient (Wildman–Crippen LogP) is 2.33. The van der Waals surface area contributed by atoms with Gasteiger partial charge in [0.05, 0.1) is 0 Å². The molecule has 0 spiro atoms. The second kappa shape index (κ2) is 6.40. The van der Waals surface area contributed by atoms with Gasteiger partial charge in [0.2, 0.25) is 11.8 Å². The van der Waals surface area contributed by atoms with Gasteiger partial charge < -0.3 is 10.2 Å². The zero-order chi connectivity index (χ0) is 14.6. The van der Waals surface area contributed by atoms with Crippen LogP contribution in [0.5, 0.6) is 0 Å². The quantitative estimate of drug-likeness (QED) is 0.803. The molecule has 1 heterocycles. The minimum absolute atomic E-state index is 0.00834. The summed E-state index contributed by atoms with van der Waals surface area (Å²) in [6.45, 7) is 10.8. The number of carbonyl (C=O) groups excluding carboxylic acids is 2. The molecule has 19 heavy (non-hydrogen) atoms. The Morgan fingerprint density at radius 1 is 1.32 bits per heavy atom. The highest BCUT2D eigenvalue weighted by atomic mass is 16.2. The lowest BCUT2D eigenvalue weighted by Gasteiger charge is -2.46. The van der Waals surface area contributed by atoms with Gasteiger partial charge in [-0.05, 0) is 38.5 Å². The Kier molecular flexibility index (Phi) is 5.39. The maximum absolute atomic E-state index is 12.5. The number of carbonyl (C=O) groups is 2. The van der Waals surface area contributed by atoms with Gasteiger partial charge in [0, 0.05) is 6.54 Å². The van der Waals surface area contributed by atoms with Crippen molar-refractivity contribution in [3.63, 3.8) is 0 Å². The van der Waals surface area contributed by atoms with Gasteiger partial charge in [0.25, 0.3) is 0 Å². The first-order valence-corrected chi connectivity index (χ1v) is 7.49. The third-order valence-corrected chi connectivity index (χ3v) is 4.21. The Morgan fingerprint density at radius 3 is 2.42 bits per heavy atom. The molecule has 2 unspecified atom stereocenters. The van der Waals surface area contributed by atoms with Crippen molar-refractivity contribution < 1.29 is 9.59 Å². The van der Waals surface area contributed by atoms with Gasteiger partial charge >= 0.3 is 0 Å². The summed E-state index contributed by atoms with van der Waals surface area (Å²) >= 11 is 0. The third kappa shape index (κ3) is 3.28. The lowest BCUT2D eigenvalue weighted by molar-refractivity contribution is -0.156. The molecular formula is C15H28N2O2. The summed E-state index contributed by atoms with van der Waals surface area (Å²) in [5, 5.41) is 2.86. The van der Waals surface area contributed by atoms with Gasteiger partial charge in [-0.25, -0.2) is 0 Å². The third-order valence-electron chi connectivity index (χ3n) is 4.21. The summed E-state index contributed by atoms with van der Waals surface area (Å²) in [4.78, 5) is 26.5. The molecule has 0 bridgehead atoms. The largest absolute Gasteiger partial charge is 0.342 e. The van der Waals surface area contributed by atoms with Crippen LogP contribution >= 0.6 is 0 Å². The Bertz CT molecular complexity index is 341. The number of nitrogens with one attached hydrogen (secondary N) is 1. The molecule has 1 aliphatic heterocycles. The van der Waals surface area contributed by atoms with Crippen molar-refractivity contribution in [3.8, 4) is 0 Å². The fraction of sp³-hybridized carbons (Fsp3) is 0.867. The number of rotatable bonds is 6. The van der Waals surface area contributed by atoms with Crippen LogP contribution in [0.15, 0.2) is 0 Å². The fourth-order valence-corrected chi connectivity index (χ4v) is 2.57. The monoisotopic (exact) mass is 268 g/mol. The average molecular weight is 268 g/mol. The summed E-state index contributed by atoms with van der Waals surface area (Å²) in [5.74, 6) is 0.699. The van der Waals surface area contributed by atoms with Gasteiger partial charge in [-0.1, -0.05) is 27.7 Å². The van der Waals surface area contributed by atoms with Gasteiger partial charge in [-0.2, -0.15) is 0 Å². The Balaban J connectivity index is 2.84. The highest BCUT2D eigenvalue weighted by molar-refractivity contribution is 5.99. The number of piperazine rings is 1. The number of hydrogen-bond donors (Lipinski definition) is 1. The first kappa shape index (κ1) is 16.0. The van der Waals surface area contributed by atoms with E-state index < -0.39 is 5.54 Å². The van der Waals surface area contributed by atoms with Crippen LogP contribution in [0, 0.1) is 5.92 Å². The summed E-state index contributed by atoms with van der Waals surface area (Å²) in [6.07, 6.45) is 3.36. The van der Waals surface area contributed by atoms with Crippen LogP contribution < -0.4 is 5.32 Å². The van der Waals surface area contributed by atoms with Gasteiger partial charge in [-0.15, -0.1) is 0 Å². The predicted molar refractivity (Wildman–Crippen MR) is 76.7 cm³/mol. The van der Waals surface area contributed by atoms with E-state index in [1.165, 1.54) is 0 Å². The minimum atomic E-state index is -0.681. The SMILES string of the molecule is CCC1NC(=O)C(C)(CC)N(CCCC(C)C)C1=O. The van der Waals surface area contributed by atoms with E-state index in [1.54, 1.807) is 0 Å². The van der Waals surface area contributed by atoms with Crippen LogP contribution in [0.4, 0.5) is 0 Å². The van der Waals surface area contributed by atoms with E-state index in [9.17, 15) is 9.59 Å². The van der Waals surface area contributed by atoms with E-state index >= 15 is 0 Å². The molecule has 0 aromatic heterocycles. The molecular weight excluding hydrogens is 240 g/mol. The molecule has 2 amide bonds. The van der Waals surface area contributed by atoms with Crippen molar-refractivity contribution in [3.05, 3.63) is 0 Å². The van der Waals surface area contributed by atoms with Crippen molar-refractivity contribution in [1.29, 1.82) is 0 Å². The number of nitrogens with zero attached hydrogens (tertiary/aromatic N) is 1. The maximum atomic E-state index is 12.5. The van der Waals surface area contributed by atoms with Crippen molar-refractivity contribution >= 4 is 11.8 Å². The summed E-state index contributed by atoms with van der Waals surface area (Å²) < 4.78 is 0. The van der Waals surface area contributed by atoms with Crippen molar-refractivity contribution in [2.24, 2.45) is 5.92 Å². The summed E-state index contributed by atoms with van der Waals surface area (Å²) in [7, 11) is 0. The van der Waals surface area contributed by atoms with Crippen molar-refractivity contribution in [1.82, 2.24) is 10.2 Å². The van der Waals surface area contributed by atoms with Gasteiger partial charge in [0.1, 0.15) is 11.6 Å². The zero-order valence-electron chi connectivity index (χ0n) is 13.0. The second-order valence-corrected chi connectivity index (χ2v) is 6.09. The molecule has 0 saturated carbocycles. The van der Waals surface area contributed by atoms with Crippen LogP contribution in [0.3, 0.4) is 0 Å². The molecule has 1 rings (SSSR count). The van der Waals surface area contributed by atoms with E-state index in [2.05, 4.69) is 19.2 Å². The lowest BCUT2D eigenvalue weighted by Crippen LogP contribution is -2.69. The fourth-order valence-electron chi connectivity index (χ4n) is 2.57. The highest BCUT2D eigenvalue weighted by Gasteiger charge is 2.47. The zero-order valence-corrected chi connectivity index (χ0v) is 13.0. The maximum Gasteiger partial charge on any atom is 0.246 e. The minimum Gasteiger partial charge on any atom is -0.342 e. The number of hydrogen-bond acceptors (Lipinski definition) is 2.